The van der Waals surface area contributed by atoms with Crippen LogP contribution in [0.4, 0.5) is 0 Å². The lowest BCUT2D eigenvalue weighted by Crippen LogP contribution is -2.01. The van der Waals surface area contributed by atoms with Gasteiger partial charge in [-0.05, 0) is 30.7 Å². The smallest absolute Gasteiger partial charge is 0.0468 e. The molecule has 0 atom stereocenters. The van der Waals surface area contributed by atoms with E-state index in [4.69, 9.17) is 5.73 Å². The van der Waals surface area contributed by atoms with Gasteiger partial charge in [-0.25, -0.2) is 0 Å². The van der Waals surface area contributed by atoms with Gasteiger partial charge in [0, 0.05) is 21.6 Å². The molecule has 2 aromatic rings. The molecule has 0 fully saturated rings. The number of halogens is 1. The highest BCUT2D eigenvalue weighted by Gasteiger charge is 2.02. The van der Waals surface area contributed by atoms with Crippen LogP contribution in [-0.4, -0.2) is 11.5 Å². The number of hydrogen-bond donors (Lipinski definition) is 2. The van der Waals surface area contributed by atoms with Crippen molar-refractivity contribution in [3.8, 4) is 0 Å². The van der Waals surface area contributed by atoms with Gasteiger partial charge >= 0.3 is 0 Å². The number of benzene rings is 1. The van der Waals surface area contributed by atoms with Gasteiger partial charge in [-0.3, -0.25) is 0 Å². The van der Waals surface area contributed by atoms with E-state index in [2.05, 4.69) is 39.1 Å². The van der Waals surface area contributed by atoms with Crippen molar-refractivity contribution in [1.82, 2.24) is 4.98 Å². The Hall–Kier alpha value is -0.800. The Morgan fingerprint density at radius 1 is 1.38 bits per heavy atom. The Bertz CT molecular complexity index is 420. The van der Waals surface area contributed by atoms with Gasteiger partial charge in [0.1, 0.15) is 0 Å². The van der Waals surface area contributed by atoms with Crippen molar-refractivity contribution in [3.63, 3.8) is 0 Å². The van der Waals surface area contributed by atoms with Crippen LogP contribution in [0.5, 0.6) is 0 Å². The van der Waals surface area contributed by atoms with Crippen molar-refractivity contribution in [2.45, 2.75) is 6.42 Å². The standard InChI is InChI=1S/C10H11BrN2/c11-8-1-2-9-7(3-4-12)6-13-10(9)5-8/h1-2,5-6,13H,3-4,12H2. The average molecular weight is 239 g/mol. The van der Waals surface area contributed by atoms with Crippen molar-refractivity contribution in [2.24, 2.45) is 5.73 Å². The van der Waals surface area contributed by atoms with Gasteiger partial charge in [0.2, 0.25) is 0 Å². The van der Waals surface area contributed by atoms with Crippen LogP contribution >= 0.6 is 15.9 Å². The van der Waals surface area contributed by atoms with Crippen molar-refractivity contribution in [2.75, 3.05) is 6.54 Å². The van der Waals surface area contributed by atoms with Crippen LogP contribution in [0.2, 0.25) is 0 Å². The first-order valence-corrected chi connectivity index (χ1v) is 5.06. The zero-order chi connectivity index (χ0) is 9.26. The van der Waals surface area contributed by atoms with Crippen LogP contribution < -0.4 is 5.73 Å². The van der Waals surface area contributed by atoms with Crippen molar-refractivity contribution in [1.29, 1.82) is 0 Å². The second kappa shape index (κ2) is 3.52. The Kier molecular flexibility index (Phi) is 2.38. The fourth-order valence-corrected chi connectivity index (χ4v) is 1.88. The summed E-state index contributed by atoms with van der Waals surface area (Å²) >= 11 is 3.44. The summed E-state index contributed by atoms with van der Waals surface area (Å²) < 4.78 is 1.10. The summed E-state index contributed by atoms with van der Waals surface area (Å²) in [5, 5.41) is 1.27. The molecule has 0 aliphatic heterocycles. The number of H-pyrrole nitrogens is 1. The maximum Gasteiger partial charge on any atom is 0.0468 e. The second-order valence-corrected chi connectivity index (χ2v) is 3.96. The quantitative estimate of drug-likeness (QED) is 0.830. The van der Waals surface area contributed by atoms with E-state index in [-0.39, 0.29) is 0 Å². The summed E-state index contributed by atoms with van der Waals surface area (Å²) in [6, 6.07) is 6.24. The Labute approximate surface area is 85.3 Å². The lowest BCUT2D eigenvalue weighted by atomic mass is 10.1. The molecule has 0 radical (unpaired) electrons. The van der Waals surface area contributed by atoms with Crippen LogP contribution in [0, 0.1) is 0 Å². The molecule has 0 saturated heterocycles. The van der Waals surface area contributed by atoms with Crippen molar-refractivity contribution in [3.05, 3.63) is 34.4 Å². The molecule has 3 N–H and O–H groups in total. The van der Waals surface area contributed by atoms with Gasteiger partial charge in [0.05, 0.1) is 0 Å². The summed E-state index contributed by atoms with van der Waals surface area (Å²) in [6.07, 6.45) is 2.96. The van der Waals surface area contributed by atoms with E-state index in [1.165, 1.54) is 10.9 Å². The van der Waals surface area contributed by atoms with Gasteiger partial charge in [-0.1, -0.05) is 22.0 Å². The summed E-state index contributed by atoms with van der Waals surface area (Å²) in [7, 11) is 0. The molecule has 0 unspecified atom stereocenters. The van der Waals surface area contributed by atoms with Gasteiger partial charge in [-0.15, -0.1) is 0 Å². The zero-order valence-electron chi connectivity index (χ0n) is 7.18. The van der Waals surface area contributed by atoms with E-state index in [0.29, 0.717) is 6.54 Å². The predicted octanol–water partition coefficient (Wildman–Crippen LogP) is 2.43. The molecule has 0 aliphatic carbocycles. The Morgan fingerprint density at radius 3 is 3.00 bits per heavy atom. The van der Waals surface area contributed by atoms with Gasteiger partial charge in [0.15, 0.2) is 0 Å². The largest absolute Gasteiger partial charge is 0.361 e. The van der Waals surface area contributed by atoms with E-state index in [9.17, 15) is 0 Å². The highest BCUT2D eigenvalue weighted by Crippen LogP contribution is 2.22. The van der Waals surface area contributed by atoms with Crippen molar-refractivity contribution >= 4 is 26.8 Å². The lowest BCUT2D eigenvalue weighted by molar-refractivity contribution is 0.976. The van der Waals surface area contributed by atoms with E-state index in [0.717, 1.165) is 16.4 Å². The number of aromatic nitrogens is 1. The first-order valence-electron chi connectivity index (χ1n) is 4.27. The van der Waals surface area contributed by atoms with Crippen LogP contribution in [0.1, 0.15) is 5.56 Å². The van der Waals surface area contributed by atoms with Crippen LogP contribution in [0.3, 0.4) is 0 Å². The SMILES string of the molecule is NCCc1c[nH]c2cc(Br)ccc12. The normalized spacial score (nSPS) is 10.9. The Balaban J connectivity index is 2.55. The van der Waals surface area contributed by atoms with E-state index >= 15 is 0 Å². The fourth-order valence-electron chi connectivity index (χ4n) is 1.52. The average Bonchev–Trinajstić information content (AvgIpc) is 2.49. The highest BCUT2D eigenvalue weighted by atomic mass is 79.9. The predicted molar refractivity (Wildman–Crippen MR) is 58.8 cm³/mol. The number of nitrogens with two attached hydrogens (primary N) is 1. The molecule has 1 aromatic heterocycles. The molecule has 1 heterocycles. The molecule has 2 rings (SSSR count). The van der Waals surface area contributed by atoms with Gasteiger partial charge < -0.3 is 10.7 Å². The van der Waals surface area contributed by atoms with Gasteiger partial charge in [0.25, 0.3) is 0 Å². The molecule has 0 aliphatic rings. The molecule has 13 heavy (non-hydrogen) atoms. The highest BCUT2D eigenvalue weighted by molar-refractivity contribution is 9.10. The molecule has 3 heteroatoms. The van der Waals surface area contributed by atoms with Crippen LogP contribution in [0.15, 0.2) is 28.9 Å². The van der Waals surface area contributed by atoms with E-state index < -0.39 is 0 Å². The molecule has 0 bridgehead atoms. The van der Waals surface area contributed by atoms with E-state index in [1.807, 2.05) is 6.20 Å². The minimum atomic E-state index is 0.697. The monoisotopic (exact) mass is 238 g/mol. The fraction of sp³-hybridized carbons (Fsp3) is 0.200. The van der Waals surface area contributed by atoms with Crippen LogP contribution in [0.25, 0.3) is 10.9 Å². The third-order valence-electron chi connectivity index (χ3n) is 2.14. The first kappa shape index (κ1) is 8.78. The molecule has 0 spiro atoms. The summed E-state index contributed by atoms with van der Waals surface area (Å²) in [4.78, 5) is 3.23. The number of aromatic amines is 1. The lowest BCUT2D eigenvalue weighted by Gasteiger charge is -1.95. The summed E-state index contributed by atoms with van der Waals surface area (Å²) in [5.41, 5.74) is 7.98. The second-order valence-electron chi connectivity index (χ2n) is 3.04. The summed E-state index contributed by atoms with van der Waals surface area (Å²) in [6.45, 7) is 0.697. The van der Waals surface area contributed by atoms with Gasteiger partial charge in [-0.2, -0.15) is 0 Å². The number of rotatable bonds is 2. The molecule has 68 valence electrons. The minimum Gasteiger partial charge on any atom is -0.361 e. The summed E-state index contributed by atoms with van der Waals surface area (Å²) in [5.74, 6) is 0. The minimum absolute atomic E-state index is 0.697. The van der Waals surface area contributed by atoms with E-state index in [1.54, 1.807) is 0 Å². The zero-order valence-corrected chi connectivity index (χ0v) is 8.76. The molecule has 1 aromatic carbocycles. The molecule has 2 nitrogen and oxygen atoms in total. The first-order chi connectivity index (χ1) is 6.31. The van der Waals surface area contributed by atoms with Crippen molar-refractivity contribution < 1.29 is 0 Å². The third kappa shape index (κ3) is 1.62. The molecular formula is C10H11BrN2. The molecule has 0 amide bonds. The molecule has 0 saturated carbocycles. The third-order valence-corrected chi connectivity index (χ3v) is 2.64. The van der Waals surface area contributed by atoms with Crippen LogP contribution in [-0.2, 0) is 6.42 Å². The maximum absolute atomic E-state index is 5.52. The number of nitrogens with one attached hydrogen (secondary N) is 1. The maximum atomic E-state index is 5.52. The topological polar surface area (TPSA) is 41.8 Å². The number of hydrogen-bond acceptors (Lipinski definition) is 1. The molecular weight excluding hydrogens is 228 g/mol. The Morgan fingerprint density at radius 2 is 2.23 bits per heavy atom. The number of fused-ring (bicyclic) bond motifs is 1.